The zero-order chi connectivity index (χ0) is 19.8. The molecule has 0 nitrogen and oxygen atoms in total. The van der Waals surface area contributed by atoms with Crippen molar-refractivity contribution in [1.29, 1.82) is 0 Å². The Kier molecular flexibility index (Phi) is 9.37. The molecular formula is C20H31F5Sn. The molecule has 1 aromatic carbocycles. The number of halogens is 5. The molecule has 0 saturated heterocycles. The van der Waals surface area contributed by atoms with Crippen LogP contribution < -0.4 is 3.58 Å². The van der Waals surface area contributed by atoms with Crippen molar-refractivity contribution in [2.75, 3.05) is 0 Å². The Hall–Kier alpha value is -0.331. The van der Waals surface area contributed by atoms with Crippen molar-refractivity contribution in [3.63, 3.8) is 0 Å². The maximum absolute atomic E-state index is 14.9. The zero-order valence-corrected chi connectivity index (χ0v) is 18.9. The first kappa shape index (κ1) is 23.7. The van der Waals surface area contributed by atoms with E-state index in [9.17, 15) is 22.0 Å². The first-order valence-corrected chi connectivity index (χ1v) is 16.6. The summed E-state index contributed by atoms with van der Waals surface area (Å²) in [6, 6.07) is 6.71. The fourth-order valence-corrected chi connectivity index (χ4v) is 18.0. The summed E-state index contributed by atoms with van der Waals surface area (Å²) >= 11 is -5.06. The third kappa shape index (κ3) is 5.35. The standard InChI is InChI=1S/C10H13.2C4H9.C2F5.Sn/c1-2-3-7-10-8-5-4-6-9-10;2*1-3-4-2;3-1(4)2(5,6)7;/h5-6,8-9H,2-3,7H2,1H3;2*1,3-4H2,2H3;;. The molecule has 1 rings (SSSR count). The number of hydrogen-bond acceptors (Lipinski definition) is 0. The zero-order valence-electron chi connectivity index (χ0n) is 16.1. The normalized spacial score (nSPS) is 13.2. The summed E-state index contributed by atoms with van der Waals surface area (Å²) in [4.78, 5) is 0. The van der Waals surface area contributed by atoms with Crippen LogP contribution in [-0.4, -0.2) is 28.5 Å². The van der Waals surface area contributed by atoms with Gasteiger partial charge in [-0.3, -0.25) is 0 Å². The number of hydrogen-bond donors (Lipinski definition) is 0. The molecule has 150 valence electrons. The van der Waals surface area contributed by atoms with E-state index in [2.05, 4.69) is 6.92 Å². The summed E-state index contributed by atoms with van der Waals surface area (Å²) in [5, 5.41) is 0. The third-order valence-electron chi connectivity index (χ3n) is 5.20. The van der Waals surface area contributed by atoms with E-state index in [1.165, 1.54) is 0 Å². The summed E-state index contributed by atoms with van der Waals surface area (Å²) in [5.41, 5.74) is 1.01. The van der Waals surface area contributed by atoms with Crippen LogP contribution in [0.4, 0.5) is 22.0 Å². The molecule has 0 unspecified atom stereocenters. The molecule has 0 aliphatic rings. The van der Waals surface area contributed by atoms with Gasteiger partial charge in [0.25, 0.3) is 0 Å². The van der Waals surface area contributed by atoms with Crippen molar-refractivity contribution in [1.82, 2.24) is 0 Å². The average Bonchev–Trinajstić information content (AvgIpc) is 2.60. The Labute approximate surface area is 158 Å². The van der Waals surface area contributed by atoms with Gasteiger partial charge in [-0.1, -0.05) is 0 Å². The molecule has 0 aliphatic carbocycles. The molecule has 26 heavy (non-hydrogen) atoms. The molecule has 0 heterocycles. The van der Waals surface area contributed by atoms with Crippen molar-refractivity contribution in [3.05, 3.63) is 29.8 Å². The topological polar surface area (TPSA) is 0 Å². The van der Waals surface area contributed by atoms with Gasteiger partial charge in [0.05, 0.1) is 0 Å². The summed E-state index contributed by atoms with van der Waals surface area (Å²) in [6.45, 7) is 5.75. The predicted molar refractivity (Wildman–Crippen MR) is 101 cm³/mol. The summed E-state index contributed by atoms with van der Waals surface area (Å²) in [5.74, 6) is 0. The molecule has 0 fully saturated rings. The number of benzene rings is 1. The van der Waals surface area contributed by atoms with Crippen molar-refractivity contribution in [3.8, 4) is 0 Å². The van der Waals surface area contributed by atoms with Crippen molar-refractivity contribution in [2.45, 2.75) is 84.7 Å². The number of rotatable bonds is 11. The Morgan fingerprint density at radius 1 is 0.731 bits per heavy atom. The Morgan fingerprint density at radius 2 is 1.19 bits per heavy atom. The summed E-state index contributed by atoms with van der Waals surface area (Å²) < 4.78 is 65.8. The molecule has 0 spiro atoms. The summed E-state index contributed by atoms with van der Waals surface area (Å²) in [7, 11) is 0. The first-order chi connectivity index (χ1) is 12.2. The molecule has 0 radical (unpaired) electrons. The van der Waals surface area contributed by atoms with Crippen molar-refractivity contribution >= 4 is 22.0 Å². The van der Waals surface area contributed by atoms with E-state index in [0.29, 0.717) is 29.3 Å². The Bertz CT molecular complexity index is 514. The molecule has 0 aromatic heterocycles. The van der Waals surface area contributed by atoms with Crippen LogP contribution in [0.1, 0.15) is 64.9 Å². The van der Waals surface area contributed by atoms with E-state index in [0.717, 1.165) is 24.8 Å². The Balaban J connectivity index is 3.40. The maximum atomic E-state index is 14.9. The van der Waals surface area contributed by atoms with Crippen LogP contribution in [0.2, 0.25) is 8.87 Å². The summed E-state index contributed by atoms with van der Waals surface area (Å²) in [6.07, 6.45) is -0.501. The Morgan fingerprint density at radius 3 is 1.58 bits per heavy atom. The van der Waals surface area contributed by atoms with E-state index in [1.807, 2.05) is 13.8 Å². The molecule has 0 bridgehead atoms. The van der Waals surface area contributed by atoms with Gasteiger partial charge in [-0.25, -0.2) is 0 Å². The monoisotopic (exact) mass is 486 g/mol. The molecule has 6 heteroatoms. The minimum absolute atomic E-state index is 0.0476. The second-order valence-corrected chi connectivity index (χ2v) is 19.6. The van der Waals surface area contributed by atoms with Crippen LogP contribution in [0.5, 0.6) is 0 Å². The second-order valence-electron chi connectivity index (χ2n) is 7.16. The van der Waals surface area contributed by atoms with E-state index in [1.54, 1.807) is 24.3 Å². The van der Waals surface area contributed by atoms with Gasteiger partial charge < -0.3 is 0 Å². The predicted octanol–water partition coefficient (Wildman–Crippen LogP) is 7.02. The van der Waals surface area contributed by atoms with E-state index < -0.39 is 28.5 Å². The number of alkyl halides is 5. The number of aryl methyl sites for hydroxylation is 1. The van der Waals surface area contributed by atoms with Crippen LogP contribution in [0.3, 0.4) is 0 Å². The van der Waals surface area contributed by atoms with Gasteiger partial charge in [-0.2, -0.15) is 0 Å². The molecule has 0 amide bonds. The molecule has 0 saturated carbocycles. The fourth-order valence-electron chi connectivity index (χ4n) is 3.51. The van der Waals surface area contributed by atoms with Gasteiger partial charge in [0.1, 0.15) is 0 Å². The average molecular weight is 485 g/mol. The van der Waals surface area contributed by atoms with Crippen molar-refractivity contribution < 1.29 is 22.0 Å². The van der Waals surface area contributed by atoms with E-state index in [4.69, 9.17) is 0 Å². The first-order valence-electron chi connectivity index (χ1n) is 9.70. The van der Waals surface area contributed by atoms with Gasteiger partial charge in [0.15, 0.2) is 0 Å². The SMILES string of the molecule is CCCCc1cc[c]([Sn]([CH2]CCC)([CH2]CCC)[C](F)(F)C(F)(F)F)cc1. The van der Waals surface area contributed by atoms with Gasteiger partial charge >= 0.3 is 158 Å². The van der Waals surface area contributed by atoms with E-state index >= 15 is 0 Å². The van der Waals surface area contributed by atoms with Crippen LogP contribution in [0, 0.1) is 0 Å². The van der Waals surface area contributed by atoms with Gasteiger partial charge in [-0.05, 0) is 0 Å². The van der Waals surface area contributed by atoms with E-state index in [-0.39, 0.29) is 8.87 Å². The number of unbranched alkanes of at least 4 members (excludes halogenated alkanes) is 3. The van der Waals surface area contributed by atoms with Crippen LogP contribution in [0.25, 0.3) is 0 Å². The molecule has 0 aliphatic heterocycles. The minimum atomic E-state index is -5.47. The fraction of sp³-hybridized carbons (Fsp3) is 0.700. The molecule has 0 N–H and O–H groups in total. The van der Waals surface area contributed by atoms with Crippen LogP contribution >= 0.6 is 0 Å². The van der Waals surface area contributed by atoms with Gasteiger partial charge in [0.2, 0.25) is 0 Å². The van der Waals surface area contributed by atoms with Crippen LogP contribution in [-0.2, 0) is 6.42 Å². The third-order valence-corrected chi connectivity index (χ3v) is 20.4. The molecule has 1 aromatic rings. The van der Waals surface area contributed by atoms with Crippen LogP contribution in [0.15, 0.2) is 24.3 Å². The van der Waals surface area contributed by atoms with Gasteiger partial charge in [-0.15, -0.1) is 0 Å². The van der Waals surface area contributed by atoms with Crippen molar-refractivity contribution in [2.24, 2.45) is 0 Å². The molecule has 0 atom stereocenters. The molecular weight excluding hydrogens is 454 g/mol. The second kappa shape index (κ2) is 10.3. The quantitative estimate of drug-likeness (QED) is 0.234. The van der Waals surface area contributed by atoms with Gasteiger partial charge in [0, 0.05) is 0 Å².